The van der Waals surface area contributed by atoms with Gasteiger partial charge in [0.1, 0.15) is 0 Å². The van der Waals surface area contributed by atoms with Crippen LogP contribution in [0.25, 0.3) is 0 Å². The Hall–Kier alpha value is -1.58. The van der Waals surface area contributed by atoms with Crippen LogP contribution in [0.4, 0.5) is 0 Å². The fraction of sp³-hybridized carbons (Fsp3) is 0.214. The van der Waals surface area contributed by atoms with Crippen molar-refractivity contribution in [3.63, 3.8) is 0 Å². The Bertz CT molecular complexity index is 565. The van der Waals surface area contributed by atoms with Crippen LogP contribution in [0.1, 0.15) is 5.56 Å². The molecule has 1 N–H and O–H groups in total. The number of pyridine rings is 1. The van der Waals surface area contributed by atoms with Crippen molar-refractivity contribution in [2.75, 3.05) is 6.54 Å². The average Bonchev–Trinajstić information content (AvgIpc) is 2.38. The molecule has 0 unspecified atom stereocenters. The van der Waals surface area contributed by atoms with Crippen molar-refractivity contribution < 1.29 is 0 Å². The first-order valence-corrected chi connectivity index (χ1v) is 6.25. The largest absolute Gasteiger partial charge is 0.314 e. The van der Waals surface area contributed by atoms with E-state index in [9.17, 15) is 4.79 Å². The van der Waals surface area contributed by atoms with Gasteiger partial charge in [-0.15, -0.1) is 0 Å². The van der Waals surface area contributed by atoms with Crippen LogP contribution in [-0.2, 0) is 13.1 Å². The number of hydrogen-bond acceptors (Lipinski definition) is 2. The van der Waals surface area contributed by atoms with E-state index in [-0.39, 0.29) is 5.56 Å². The molecule has 2 rings (SSSR count). The fourth-order valence-electron chi connectivity index (χ4n) is 1.71. The Kier molecular flexibility index (Phi) is 4.56. The molecule has 1 aromatic heterocycles. The Morgan fingerprint density at radius 3 is 2.67 bits per heavy atom. The maximum atomic E-state index is 11.5. The van der Waals surface area contributed by atoms with Gasteiger partial charge in [0.25, 0.3) is 5.56 Å². The molecule has 0 aliphatic rings. The van der Waals surface area contributed by atoms with Gasteiger partial charge in [-0.2, -0.15) is 0 Å². The summed E-state index contributed by atoms with van der Waals surface area (Å²) < 4.78 is 1.68. The molecule has 18 heavy (non-hydrogen) atoms. The highest BCUT2D eigenvalue weighted by Gasteiger charge is 1.98. The summed E-state index contributed by atoms with van der Waals surface area (Å²) >= 11 is 6.05. The average molecular weight is 263 g/mol. The van der Waals surface area contributed by atoms with E-state index in [1.54, 1.807) is 22.9 Å². The summed E-state index contributed by atoms with van der Waals surface area (Å²) in [5, 5.41) is 4.04. The van der Waals surface area contributed by atoms with E-state index < -0.39 is 0 Å². The summed E-state index contributed by atoms with van der Waals surface area (Å²) in [4.78, 5) is 11.5. The second-order valence-corrected chi connectivity index (χ2v) is 4.41. The van der Waals surface area contributed by atoms with Gasteiger partial charge in [-0.05, 0) is 17.7 Å². The summed E-state index contributed by atoms with van der Waals surface area (Å²) in [6.07, 6.45) is 1.79. The lowest BCUT2D eigenvalue weighted by Crippen LogP contribution is -2.25. The van der Waals surface area contributed by atoms with Gasteiger partial charge in [0, 0.05) is 36.9 Å². The van der Waals surface area contributed by atoms with E-state index in [0.29, 0.717) is 13.1 Å². The molecule has 3 nitrogen and oxygen atoms in total. The van der Waals surface area contributed by atoms with Crippen LogP contribution in [-0.4, -0.2) is 11.1 Å². The minimum absolute atomic E-state index is 0.0250. The van der Waals surface area contributed by atoms with Crippen LogP contribution >= 0.6 is 11.6 Å². The molecule has 0 saturated heterocycles. The van der Waals surface area contributed by atoms with Crippen molar-refractivity contribution in [3.8, 4) is 0 Å². The smallest absolute Gasteiger partial charge is 0.250 e. The number of nitrogens with one attached hydrogen (secondary N) is 1. The highest BCUT2D eigenvalue weighted by Crippen LogP contribution is 2.13. The highest BCUT2D eigenvalue weighted by atomic mass is 35.5. The molecule has 0 bridgehead atoms. The van der Waals surface area contributed by atoms with Gasteiger partial charge in [-0.1, -0.05) is 35.9 Å². The third kappa shape index (κ3) is 3.45. The van der Waals surface area contributed by atoms with Crippen LogP contribution in [0, 0.1) is 0 Å². The van der Waals surface area contributed by atoms with Gasteiger partial charge in [-0.3, -0.25) is 4.79 Å². The van der Waals surface area contributed by atoms with Crippen LogP contribution in [0.5, 0.6) is 0 Å². The summed E-state index contributed by atoms with van der Waals surface area (Å²) in [6.45, 7) is 2.10. The standard InChI is InChI=1S/C14H15ClN2O/c15-13-6-2-1-5-12(13)11-16-8-10-17-9-4-3-7-14(17)18/h1-7,9,16H,8,10-11H2. The zero-order valence-electron chi connectivity index (χ0n) is 9.97. The molecule has 0 atom stereocenters. The van der Waals surface area contributed by atoms with E-state index >= 15 is 0 Å². The number of aromatic nitrogens is 1. The SMILES string of the molecule is O=c1ccccn1CCNCc1ccccc1Cl. The van der Waals surface area contributed by atoms with Gasteiger partial charge in [0.15, 0.2) is 0 Å². The van der Waals surface area contributed by atoms with E-state index in [0.717, 1.165) is 17.1 Å². The van der Waals surface area contributed by atoms with Crippen LogP contribution in [0.2, 0.25) is 5.02 Å². The molecular weight excluding hydrogens is 248 g/mol. The molecule has 0 spiro atoms. The maximum absolute atomic E-state index is 11.5. The van der Waals surface area contributed by atoms with Crippen molar-refractivity contribution in [1.82, 2.24) is 9.88 Å². The lowest BCUT2D eigenvalue weighted by atomic mass is 10.2. The van der Waals surface area contributed by atoms with Crippen molar-refractivity contribution in [1.29, 1.82) is 0 Å². The summed E-state index contributed by atoms with van der Waals surface area (Å²) in [7, 11) is 0. The number of hydrogen-bond donors (Lipinski definition) is 1. The van der Waals surface area contributed by atoms with Crippen molar-refractivity contribution in [2.45, 2.75) is 13.1 Å². The topological polar surface area (TPSA) is 34.0 Å². The Balaban J connectivity index is 1.82. The molecule has 94 valence electrons. The predicted octanol–water partition coefficient (Wildman–Crippen LogP) is 2.29. The second kappa shape index (κ2) is 6.38. The van der Waals surface area contributed by atoms with Gasteiger partial charge in [0.2, 0.25) is 0 Å². The molecule has 1 heterocycles. The quantitative estimate of drug-likeness (QED) is 0.839. The molecule has 0 aliphatic carbocycles. The van der Waals surface area contributed by atoms with Crippen molar-refractivity contribution in [2.24, 2.45) is 0 Å². The van der Waals surface area contributed by atoms with Gasteiger partial charge >= 0.3 is 0 Å². The summed E-state index contributed by atoms with van der Waals surface area (Å²) in [5.74, 6) is 0. The van der Waals surface area contributed by atoms with Gasteiger partial charge in [-0.25, -0.2) is 0 Å². The molecule has 4 heteroatoms. The van der Waals surface area contributed by atoms with E-state index in [1.807, 2.05) is 30.3 Å². The van der Waals surface area contributed by atoms with Crippen LogP contribution in [0.3, 0.4) is 0 Å². The van der Waals surface area contributed by atoms with Crippen LogP contribution < -0.4 is 10.9 Å². The monoisotopic (exact) mass is 262 g/mol. The number of benzene rings is 1. The third-order valence-electron chi connectivity index (χ3n) is 2.70. The molecule has 0 radical (unpaired) electrons. The van der Waals surface area contributed by atoms with Crippen molar-refractivity contribution >= 4 is 11.6 Å². The zero-order valence-corrected chi connectivity index (χ0v) is 10.7. The maximum Gasteiger partial charge on any atom is 0.250 e. The minimum Gasteiger partial charge on any atom is -0.314 e. The Morgan fingerprint density at radius 2 is 1.89 bits per heavy atom. The molecule has 0 amide bonds. The van der Waals surface area contributed by atoms with E-state index in [2.05, 4.69) is 5.32 Å². The Labute approximate surface area is 111 Å². The third-order valence-corrected chi connectivity index (χ3v) is 3.07. The number of nitrogens with zero attached hydrogens (tertiary/aromatic N) is 1. The molecule has 0 saturated carbocycles. The first-order valence-electron chi connectivity index (χ1n) is 5.87. The molecular formula is C14H15ClN2O. The lowest BCUT2D eigenvalue weighted by Gasteiger charge is -2.08. The van der Waals surface area contributed by atoms with Gasteiger partial charge < -0.3 is 9.88 Å². The summed E-state index contributed by atoms with van der Waals surface area (Å²) in [5.41, 5.74) is 1.09. The van der Waals surface area contributed by atoms with Crippen LogP contribution in [0.15, 0.2) is 53.5 Å². The minimum atomic E-state index is 0.0250. The summed E-state index contributed by atoms with van der Waals surface area (Å²) in [6, 6.07) is 12.9. The van der Waals surface area contributed by atoms with E-state index in [1.165, 1.54) is 0 Å². The fourth-order valence-corrected chi connectivity index (χ4v) is 1.91. The number of halogens is 1. The normalized spacial score (nSPS) is 10.5. The van der Waals surface area contributed by atoms with E-state index in [4.69, 9.17) is 11.6 Å². The Morgan fingerprint density at radius 1 is 1.11 bits per heavy atom. The lowest BCUT2D eigenvalue weighted by molar-refractivity contribution is 0.585. The zero-order chi connectivity index (χ0) is 12.8. The first-order chi connectivity index (χ1) is 8.77. The molecule has 0 fully saturated rings. The second-order valence-electron chi connectivity index (χ2n) is 4.00. The molecule has 1 aromatic carbocycles. The predicted molar refractivity (Wildman–Crippen MR) is 73.9 cm³/mol. The highest BCUT2D eigenvalue weighted by molar-refractivity contribution is 6.31. The first kappa shape index (κ1) is 12.9. The molecule has 0 aliphatic heterocycles. The number of rotatable bonds is 5. The van der Waals surface area contributed by atoms with Gasteiger partial charge in [0.05, 0.1) is 0 Å². The molecule has 2 aromatic rings. The van der Waals surface area contributed by atoms with Crippen molar-refractivity contribution in [3.05, 3.63) is 69.6 Å².